The number of anilines is 1. The third-order valence-corrected chi connectivity index (χ3v) is 5.37. The second-order valence-corrected chi connectivity index (χ2v) is 6.74. The number of ketones is 1. The van der Waals surface area contributed by atoms with Crippen molar-refractivity contribution in [3.8, 4) is 5.75 Å². The number of benzene rings is 2. The number of nitrogens with zero attached hydrogens (tertiary/aromatic N) is 1. The number of para-hydroxylation sites is 1. The summed E-state index contributed by atoms with van der Waals surface area (Å²) >= 11 is 0. The minimum Gasteiger partial charge on any atom is -0.492 e. The summed E-state index contributed by atoms with van der Waals surface area (Å²) in [6.07, 6.45) is 1.88. The summed E-state index contributed by atoms with van der Waals surface area (Å²) in [5, 5.41) is 0. The Kier molecular flexibility index (Phi) is 3.56. The first-order chi connectivity index (χ1) is 11.6. The molecule has 0 unspecified atom stereocenters. The lowest BCUT2D eigenvalue weighted by Gasteiger charge is -2.40. The molecule has 1 saturated heterocycles. The highest BCUT2D eigenvalue weighted by atomic mass is 19.1. The summed E-state index contributed by atoms with van der Waals surface area (Å²) in [6.45, 7) is 3.72. The summed E-state index contributed by atoms with van der Waals surface area (Å²) in [6, 6.07) is 13.1. The van der Waals surface area contributed by atoms with E-state index in [9.17, 15) is 9.18 Å². The van der Waals surface area contributed by atoms with E-state index in [0.717, 1.165) is 31.7 Å². The van der Waals surface area contributed by atoms with E-state index in [1.807, 2.05) is 18.2 Å². The minimum absolute atomic E-state index is 0.0524. The van der Waals surface area contributed by atoms with E-state index in [1.165, 1.54) is 18.6 Å². The molecule has 0 atom stereocenters. The third-order valence-electron chi connectivity index (χ3n) is 5.37. The van der Waals surface area contributed by atoms with Gasteiger partial charge in [0.25, 0.3) is 0 Å². The molecule has 1 spiro atoms. The quantitative estimate of drug-likeness (QED) is 0.783. The van der Waals surface area contributed by atoms with Crippen LogP contribution in [0.2, 0.25) is 0 Å². The minimum atomic E-state index is -0.435. The number of hydrogen-bond acceptors (Lipinski definition) is 3. The van der Waals surface area contributed by atoms with Crippen LogP contribution in [0.4, 0.5) is 10.1 Å². The van der Waals surface area contributed by atoms with Crippen molar-refractivity contribution in [2.75, 3.05) is 24.6 Å². The van der Waals surface area contributed by atoms with Crippen LogP contribution in [0.5, 0.6) is 5.75 Å². The van der Waals surface area contributed by atoms with Crippen molar-refractivity contribution in [1.82, 2.24) is 0 Å². The van der Waals surface area contributed by atoms with Crippen LogP contribution in [0, 0.1) is 5.82 Å². The molecule has 0 aromatic heterocycles. The Morgan fingerprint density at radius 1 is 1.12 bits per heavy atom. The van der Waals surface area contributed by atoms with Crippen LogP contribution in [0.1, 0.15) is 35.7 Å². The summed E-state index contributed by atoms with van der Waals surface area (Å²) in [5.74, 6) is 0.328. The lowest BCUT2D eigenvalue weighted by atomic mass is 9.74. The van der Waals surface area contributed by atoms with Gasteiger partial charge in [0, 0.05) is 24.1 Å². The fourth-order valence-corrected chi connectivity index (χ4v) is 4.04. The zero-order valence-corrected chi connectivity index (χ0v) is 13.7. The number of carbonyl (C=O) groups excluding carboxylic acids is 1. The molecule has 4 rings (SSSR count). The number of hydrogen-bond donors (Lipinski definition) is 0. The number of halogens is 1. The summed E-state index contributed by atoms with van der Waals surface area (Å²) < 4.78 is 20.0. The normalized spacial score (nSPS) is 18.3. The second kappa shape index (κ2) is 5.62. The molecular weight excluding hydrogens is 305 g/mol. The maximum atomic E-state index is 14.1. The lowest BCUT2D eigenvalue weighted by Crippen LogP contribution is -2.44. The molecule has 0 amide bonds. The molecule has 24 heavy (non-hydrogen) atoms. The Labute approximate surface area is 141 Å². The van der Waals surface area contributed by atoms with Gasteiger partial charge in [0.2, 0.25) is 0 Å². The van der Waals surface area contributed by atoms with Gasteiger partial charge in [-0.15, -0.1) is 0 Å². The van der Waals surface area contributed by atoms with Gasteiger partial charge >= 0.3 is 0 Å². The maximum absolute atomic E-state index is 14.1. The van der Waals surface area contributed by atoms with Gasteiger partial charge in [0.15, 0.2) is 5.78 Å². The van der Waals surface area contributed by atoms with Crippen LogP contribution in [0.15, 0.2) is 42.5 Å². The van der Waals surface area contributed by atoms with Gasteiger partial charge in [-0.25, -0.2) is 4.39 Å². The SMILES string of the molecule is CC(=O)c1c(F)cccc1N1CCC2(CC1)COc1ccccc12. The summed E-state index contributed by atoms with van der Waals surface area (Å²) in [5.41, 5.74) is 2.26. The fourth-order valence-electron chi connectivity index (χ4n) is 4.04. The Morgan fingerprint density at radius 3 is 2.62 bits per heavy atom. The van der Waals surface area contributed by atoms with Crippen molar-refractivity contribution in [2.45, 2.75) is 25.2 Å². The van der Waals surface area contributed by atoms with Gasteiger partial charge in [0.05, 0.1) is 17.9 Å². The van der Waals surface area contributed by atoms with Gasteiger partial charge < -0.3 is 9.64 Å². The third kappa shape index (κ3) is 2.29. The molecule has 2 aliphatic rings. The molecule has 2 aromatic rings. The Morgan fingerprint density at radius 2 is 1.88 bits per heavy atom. The molecule has 0 aliphatic carbocycles. The number of piperidine rings is 1. The monoisotopic (exact) mass is 325 g/mol. The van der Waals surface area contributed by atoms with Crippen LogP contribution in [0.3, 0.4) is 0 Å². The Balaban J connectivity index is 1.60. The number of fused-ring (bicyclic) bond motifs is 2. The van der Waals surface area contributed by atoms with E-state index in [1.54, 1.807) is 6.07 Å². The van der Waals surface area contributed by atoms with Gasteiger partial charge in [-0.1, -0.05) is 24.3 Å². The maximum Gasteiger partial charge on any atom is 0.164 e. The lowest BCUT2D eigenvalue weighted by molar-refractivity contribution is 0.101. The van der Waals surface area contributed by atoms with Gasteiger partial charge in [-0.2, -0.15) is 0 Å². The van der Waals surface area contributed by atoms with Crippen molar-refractivity contribution in [3.05, 3.63) is 59.4 Å². The molecule has 0 saturated carbocycles. The molecule has 124 valence electrons. The van der Waals surface area contributed by atoms with Gasteiger partial charge in [-0.3, -0.25) is 4.79 Å². The number of carbonyl (C=O) groups is 1. The van der Waals surface area contributed by atoms with Crippen molar-refractivity contribution in [1.29, 1.82) is 0 Å². The van der Waals surface area contributed by atoms with Crippen LogP contribution >= 0.6 is 0 Å². The molecule has 2 aliphatic heterocycles. The molecule has 2 heterocycles. The number of Topliss-reactive ketones (excluding diaryl/α,β-unsaturated/α-hetero) is 1. The molecule has 3 nitrogen and oxygen atoms in total. The van der Waals surface area contributed by atoms with Crippen LogP contribution in [0.25, 0.3) is 0 Å². The molecule has 2 aromatic carbocycles. The average Bonchev–Trinajstić information content (AvgIpc) is 2.94. The van der Waals surface area contributed by atoms with Gasteiger partial charge in [-0.05, 0) is 38.0 Å². The first kappa shape index (κ1) is 15.2. The highest BCUT2D eigenvalue weighted by molar-refractivity contribution is 6.00. The molecular formula is C20H20FNO2. The molecule has 0 bridgehead atoms. The topological polar surface area (TPSA) is 29.5 Å². The fraction of sp³-hybridized carbons (Fsp3) is 0.350. The zero-order chi connectivity index (χ0) is 16.7. The Hall–Kier alpha value is -2.36. The first-order valence-electron chi connectivity index (χ1n) is 8.37. The zero-order valence-electron chi connectivity index (χ0n) is 13.7. The molecule has 0 N–H and O–H groups in total. The van der Waals surface area contributed by atoms with Gasteiger partial charge in [0.1, 0.15) is 11.6 Å². The average molecular weight is 325 g/mol. The van der Waals surface area contributed by atoms with E-state index < -0.39 is 5.82 Å². The highest BCUT2D eigenvalue weighted by Gasteiger charge is 2.43. The van der Waals surface area contributed by atoms with E-state index >= 15 is 0 Å². The van der Waals surface area contributed by atoms with E-state index in [4.69, 9.17) is 4.74 Å². The summed E-state index contributed by atoms with van der Waals surface area (Å²) in [7, 11) is 0. The standard InChI is InChI=1S/C20H20FNO2/c1-14(23)19-16(21)6-4-7-17(19)22-11-9-20(10-12-22)13-24-18-8-3-2-5-15(18)20/h2-8H,9-13H2,1H3. The first-order valence-corrected chi connectivity index (χ1v) is 8.37. The molecule has 0 radical (unpaired) electrons. The van der Waals surface area contributed by atoms with Crippen molar-refractivity contribution >= 4 is 11.5 Å². The van der Waals surface area contributed by atoms with Crippen LogP contribution < -0.4 is 9.64 Å². The molecule has 4 heteroatoms. The van der Waals surface area contributed by atoms with Crippen LogP contribution in [-0.2, 0) is 5.41 Å². The number of ether oxygens (including phenoxy) is 1. The van der Waals surface area contributed by atoms with Crippen molar-refractivity contribution in [3.63, 3.8) is 0 Å². The molecule has 1 fully saturated rings. The van der Waals surface area contributed by atoms with Crippen molar-refractivity contribution in [2.24, 2.45) is 0 Å². The van der Waals surface area contributed by atoms with E-state index in [-0.39, 0.29) is 16.8 Å². The highest BCUT2D eigenvalue weighted by Crippen LogP contribution is 2.46. The van der Waals surface area contributed by atoms with Crippen molar-refractivity contribution < 1.29 is 13.9 Å². The van der Waals surface area contributed by atoms with Crippen LogP contribution in [-0.4, -0.2) is 25.5 Å². The van der Waals surface area contributed by atoms with E-state index in [2.05, 4.69) is 17.0 Å². The Bertz CT molecular complexity index is 794. The largest absolute Gasteiger partial charge is 0.492 e. The predicted octanol–water partition coefficient (Wildman–Crippen LogP) is 3.96. The number of rotatable bonds is 2. The predicted molar refractivity (Wildman–Crippen MR) is 91.5 cm³/mol. The second-order valence-electron chi connectivity index (χ2n) is 6.74. The smallest absolute Gasteiger partial charge is 0.164 e. The van der Waals surface area contributed by atoms with E-state index in [0.29, 0.717) is 12.3 Å². The summed E-state index contributed by atoms with van der Waals surface area (Å²) in [4.78, 5) is 14.0.